The van der Waals surface area contributed by atoms with Gasteiger partial charge in [0.15, 0.2) is 0 Å². The van der Waals surface area contributed by atoms with Crippen LogP contribution in [-0.4, -0.2) is 9.91 Å². The Morgan fingerprint density at radius 2 is 1.89 bits per heavy atom. The third-order valence-corrected chi connectivity index (χ3v) is 2.48. The van der Waals surface area contributed by atoms with Gasteiger partial charge in [-0.2, -0.15) is 0 Å². The summed E-state index contributed by atoms with van der Waals surface area (Å²) < 4.78 is 0. The molecule has 2 rings (SSSR count). The second-order valence-corrected chi connectivity index (χ2v) is 3.85. The van der Waals surface area contributed by atoms with Crippen molar-refractivity contribution in [2.24, 2.45) is 0 Å². The van der Waals surface area contributed by atoms with Crippen LogP contribution in [0.2, 0.25) is 0 Å². The second-order valence-electron chi connectivity index (χ2n) is 3.85. The zero-order valence-corrected chi connectivity index (χ0v) is 9.91. The quantitative estimate of drug-likeness (QED) is 0.609. The van der Waals surface area contributed by atoms with Crippen LogP contribution in [0.1, 0.15) is 17.0 Å². The number of aromatic nitrogens is 1. The summed E-state index contributed by atoms with van der Waals surface area (Å²) in [6.45, 7) is 1.91. The molecule has 1 heterocycles. The molecule has 2 aromatic rings. The van der Waals surface area contributed by atoms with Crippen LogP contribution >= 0.6 is 0 Å². The van der Waals surface area contributed by atoms with Gasteiger partial charge in [-0.15, -0.1) is 0 Å². The molecule has 0 fully saturated rings. The molecule has 0 aliphatic rings. The molecule has 0 spiro atoms. The molecule has 0 bridgehead atoms. The third-order valence-electron chi connectivity index (χ3n) is 2.48. The minimum absolute atomic E-state index is 0.0985. The molecule has 0 amide bonds. The first-order valence-electron chi connectivity index (χ1n) is 5.52. The Hall–Kier alpha value is -2.49. The Labute approximate surface area is 105 Å². The Morgan fingerprint density at radius 3 is 2.61 bits per heavy atom. The number of hydrogen-bond donors (Lipinski definition) is 0. The zero-order valence-electron chi connectivity index (χ0n) is 9.91. The smallest absolute Gasteiger partial charge is 0.258 e. The molecule has 0 radical (unpaired) electrons. The first-order valence-corrected chi connectivity index (χ1v) is 5.52. The minimum atomic E-state index is -0.386. The van der Waals surface area contributed by atoms with E-state index in [9.17, 15) is 10.1 Å². The average Bonchev–Trinajstić information content (AvgIpc) is 2.37. The van der Waals surface area contributed by atoms with E-state index in [1.807, 2.05) is 25.1 Å². The number of para-hydroxylation sites is 1. The molecule has 0 aliphatic carbocycles. The van der Waals surface area contributed by atoms with Gasteiger partial charge in [0.2, 0.25) is 0 Å². The van der Waals surface area contributed by atoms with Crippen molar-refractivity contribution in [1.29, 1.82) is 0 Å². The highest BCUT2D eigenvalue weighted by Crippen LogP contribution is 2.19. The molecular formula is C14H12N2O2. The van der Waals surface area contributed by atoms with Gasteiger partial charge in [0.1, 0.15) is 0 Å². The van der Waals surface area contributed by atoms with Crippen LogP contribution < -0.4 is 0 Å². The van der Waals surface area contributed by atoms with E-state index >= 15 is 0 Å². The van der Waals surface area contributed by atoms with Crippen molar-refractivity contribution in [3.63, 3.8) is 0 Å². The fraction of sp³-hybridized carbons (Fsp3) is 0.0714. The van der Waals surface area contributed by atoms with Gasteiger partial charge in [-0.25, -0.2) is 0 Å². The molecule has 0 saturated carbocycles. The highest BCUT2D eigenvalue weighted by atomic mass is 16.6. The van der Waals surface area contributed by atoms with E-state index in [1.165, 1.54) is 6.07 Å². The van der Waals surface area contributed by atoms with Crippen molar-refractivity contribution in [2.75, 3.05) is 0 Å². The lowest BCUT2D eigenvalue weighted by Crippen LogP contribution is -1.90. The van der Waals surface area contributed by atoms with Crippen molar-refractivity contribution in [3.8, 4) is 0 Å². The van der Waals surface area contributed by atoms with Crippen LogP contribution in [0.5, 0.6) is 0 Å². The van der Waals surface area contributed by atoms with Crippen molar-refractivity contribution in [1.82, 2.24) is 4.98 Å². The van der Waals surface area contributed by atoms with Crippen LogP contribution in [0.3, 0.4) is 0 Å². The summed E-state index contributed by atoms with van der Waals surface area (Å²) in [6.07, 6.45) is 3.48. The summed E-state index contributed by atoms with van der Waals surface area (Å²) in [4.78, 5) is 14.8. The molecule has 0 saturated heterocycles. The van der Waals surface area contributed by atoms with E-state index in [-0.39, 0.29) is 10.6 Å². The van der Waals surface area contributed by atoms with Crippen LogP contribution in [0.15, 0.2) is 42.5 Å². The Balaban J connectivity index is 2.32. The number of aryl methyl sites for hydroxylation is 1. The van der Waals surface area contributed by atoms with Gasteiger partial charge in [-0.1, -0.05) is 18.2 Å². The molecule has 90 valence electrons. The number of rotatable bonds is 3. The highest BCUT2D eigenvalue weighted by molar-refractivity contribution is 5.72. The number of hydrogen-bond acceptors (Lipinski definition) is 3. The van der Waals surface area contributed by atoms with Gasteiger partial charge < -0.3 is 0 Å². The molecule has 1 aromatic heterocycles. The largest absolute Gasteiger partial charge is 0.276 e. The van der Waals surface area contributed by atoms with E-state index in [0.29, 0.717) is 5.56 Å². The summed E-state index contributed by atoms with van der Waals surface area (Å²) in [6, 6.07) is 12.3. The molecule has 0 N–H and O–H groups in total. The molecule has 0 aliphatic heterocycles. The Bertz CT molecular complexity index is 606. The van der Waals surface area contributed by atoms with Gasteiger partial charge in [-0.3, -0.25) is 15.1 Å². The van der Waals surface area contributed by atoms with Gasteiger partial charge in [0.25, 0.3) is 5.69 Å². The van der Waals surface area contributed by atoms with E-state index in [0.717, 1.165) is 11.4 Å². The number of nitrogens with zero attached hydrogens (tertiary/aromatic N) is 2. The maximum absolute atomic E-state index is 10.8. The summed E-state index contributed by atoms with van der Waals surface area (Å²) in [7, 11) is 0. The molecule has 1 aromatic carbocycles. The van der Waals surface area contributed by atoms with E-state index < -0.39 is 0 Å². The lowest BCUT2D eigenvalue weighted by atomic mass is 10.1. The predicted octanol–water partition coefficient (Wildman–Crippen LogP) is 3.47. The maximum atomic E-state index is 10.8. The van der Waals surface area contributed by atoms with Crippen molar-refractivity contribution in [2.45, 2.75) is 6.92 Å². The lowest BCUT2D eigenvalue weighted by molar-refractivity contribution is -0.385. The van der Waals surface area contributed by atoms with Crippen LogP contribution in [0.25, 0.3) is 12.2 Å². The fourth-order valence-electron chi connectivity index (χ4n) is 1.63. The highest BCUT2D eigenvalue weighted by Gasteiger charge is 2.08. The van der Waals surface area contributed by atoms with Crippen LogP contribution in [0, 0.1) is 17.0 Å². The molecule has 0 unspecified atom stereocenters. The lowest BCUT2D eigenvalue weighted by Gasteiger charge is -1.97. The van der Waals surface area contributed by atoms with Gasteiger partial charge in [0, 0.05) is 11.8 Å². The fourth-order valence-corrected chi connectivity index (χ4v) is 1.63. The molecule has 4 nitrogen and oxygen atoms in total. The monoisotopic (exact) mass is 240 g/mol. The van der Waals surface area contributed by atoms with Crippen molar-refractivity contribution >= 4 is 17.8 Å². The molecular weight excluding hydrogens is 228 g/mol. The summed E-state index contributed by atoms with van der Waals surface area (Å²) in [5, 5.41) is 10.8. The zero-order chi connectivity index (χ0) is 13.0. The number of nitro benzene ring substituents is 1. The number of pyridine rings is 1. The summed E-state index contributed by atoms with van der Waals surface area (Å²) >= 11 is 0. The van der Waals surface area contributed by atoms with Gasteiger partial charge in [0.05, 0.1) is 16.2 Å². The maximum Gasteiger partial charge on any atom is 0.276 e. The van der Waals surface area contributed by atoms with Gasteiger partial charge >= 0.3 is 0 Å². The Kier molecular flexibility index (Phi) is 3.48. The van der Waals surface area contributed by atoms with E-state index in [4.69, 9.17) is 0 Å². The van der Waals surface area contributed by atoms with Gasteiger partial charge in [-0.05, 0) is 37.3 Å². The van der Waals surface area contributed by atoms with Crippen molar-refractivity contribution in [3.05, 3.63) is 69.5 Å². The summed E-state index contributed by atoms with van der Waals surface area (Å²) in [5.41, 5.74) is 2.38. The topological polar surface area (TPSA) is 56.0 Å². The van der Waals surface area contributed by atoms with Crippen LogP contribution in [0.4, 0.5) is 5.69 Å². The predicted molar refractivity (Wildman–Crippen MR) is 71.0 cm³/mol. The first-order chi connectivity index (χ1) is 8.66. The normalized spacial score (nSPS) is 10.7. The molecule has 0 atom stereocenters. The standard InChI is InChI=1S/C14H12N2O2/c1-11-5-4-7-13(15-11)10-9-12-6-2-3-8-14(12)16(17)18/h2-10H,1H3. The number of benzene rings is 1. The van der Waals surface area contributed by atoms with E-state index in [1.54, 1.807) is 30.4 Å². The average molecular weight is 240 g/mol. The third kappa shape index (κ3) is 2.79. The first kappa shape index (κ1) is 12.0. The molecule has 4 heteroatoms. The Morgan fingerprint density at radius 1 is 1.11 bits per heavy atom. The van der Waals surface area contributed by atoms with Crippen LogP contribution in [-0.2, 0) is 0 Å². The molecule has 18 heavy (non-hydrogen) atoms. The summed E-state index contributed by atoms with van der Waals surface area (Å²) in [5.74, 6) is 0. The SMILES string of the molecule is Cc1cccc(C=Cc2ccccc2[N+](=O)[O-])n1. The minimum Gasteiger partial charge on any atom is -0.258 e. The second kappa shape index (κ2) is 5.23. The van der Waals surface area contributed by atoms with E-state index in [2.05, 4.69) is 4.98 Å². The number of nitro groups is 1. The van der Waals surface area contributed by atoms with Crippen molar-refractivity contribution < 1.29 is 4.92 Å².